The van der Waals surface area contributed by atoms with Gasteiger partial charge in [0, 0.05) is 31.4 Å². The third kappa shape index (κ3) is 5.55. The van der Waals surface area contributed by atoms with Crippen molar-refractivity contribution in [2.24, 2.45) is 0 Å². The zero-order valence-corrected chi connectivity index (χ0v) is 15.9. The summed E-state index contributed by atoms with van der Waals surface area (Å²) in [5.74, 6) is 0.324. The number of piperidine rings is 1. The molecule has 2 fully saturated rings. The van der Waals surface area contributed by atoms with E-state index in [1.807, 2.05) is 0 Å². The van der Waals surface area contributed by atoms with E-state index in [9.17, 15) is 9.59 Å². The van der Waals surface area contributed by atoms with Gasteiger partial charge in [0.15, 0.2) is 0 Å². The van der Waals surface area contributed by atoms with Crippen LogP contribution in [-0.2, 0) is 4.74 Å². The smallest absolute Gasteiger partial charge is 0.409 e. The third-order valence-corrected chi connectivity index (χ3v) is 5.18. The van der Waals surface area contributed by atoms with Crippen LogP contribution >= 0.6 is 0 Å². The van der Waals surface area contributed by atoms with Crippen LogP contribution in [0.2, 0.25) is 0 Å². The van der Waals surface area contributed by atoms with Crippen LogP contribution in [-0.4, -0.2) is 58.6 Å². The zero-order valence-electron chi connectivity index (χ0n) is 15.9. The number of carbonyl (C=O) groups excluding carboxylic acids is 2. The molecule has 8 heteroatoms. The second-order valence-electron chi connectivity index (χ2n) is 7.18. The number of nitrogens with zero attached hydrogens (tertiary/aromatic N) is 3. The van der Waals surface area contributed by atoms with Crippen molar-refractivity contribution in [2.75, 3.05) is 25.0 Å². The molecule has 0 bridgehead atoms. The molecule has 8 nitrogen and oxygen atoms in total. The van der Waals surface area contributed by atoms with E-state index in [1.165, 1.54) is 19.3 Å². The molecule has 1 saturated heterocycles. The Labute approximate surface area is 160 Å². The van der Waals surface area contributed by atoms with Gasteiger partial charge in [-0.25, -0.2) is 14.8 Å². The van der Waals surface area contributed by atoms with Crippen molar-refractivity contribution in [3.8, 4) is 0 Å². The van der Waals surface area contributed by atoms with Gasteiger partial charge in [-0.2, -0.15) is 0 Å². The second kappa shape index (κ2) is 9.53. The molecule has 1 aromatic heterocycles. The largest absolute Gasteiger partial charge is 0.450 e. The van der Waals surface area contributed by atoms with Gasteiger partial charge in [0.2, 0.25) is 5.95 Å². The summed E-state index contributed by atoms with van der Waals surface area (Å²) in [5, 5.41) is 6.37. The van der Waals surface area contributed by atoms with Gasteiger partial charge >= 0.3 is 6.09 Å². The Morgan fingerprint density at radius 3 is 2.59 bits per heavy atom. The van der Waals surface area contributed by atoms with Crippen molar-refractivity contribution in [1.29, 1.82) is 0 Å². The summed E-state index contributed by atoms with van der Waals surface area (Å²) in [6.45, 7) is 3.34. The molecule has 2 N–H and O–H groups in total. The number of ether oxygens (including phenoxy) is 1. The molecule has 2 heterocycles. The Morgan fingerprint density at radius 1 is 1.15 bits per heavy atom. The van der Waals surface area contributed by atoms with Gasteiger partial charge in [-0.15, -0.1) is 0 Å². The molecule has 1 saturated carbocycles. The minimum Gasteiger partial charge on any atom is -0.450 e. The molecule has 27 heavy (non-hydrogen) atoms. The molecular formula is C19H29N5O3. The number of hydrogen-bond donors (Lipinski definition) is 2. The molecule has 2 amide bonds. The molecule has 1 aliphatic carbocycles. The minimum atomic E-state index is -0.281. The standard InChI is InChI=1S/C19H29N5O3/c1-2-27-19(26)24-12-9-15(10-13-24)21-17(25)16-8-11-20-18(23-16)22-14-6-4-3-5-7-14/h8,11,14-15H,2-7,9-10,12-13H2,1H3,(H,21,25)(H,20,22,23). The highest BCUT2D eigenvalue weighted by Crippen LogP contribution is 2.20. The van der Waals surface area contributed by atoms with Crippen molar-refractivity contribution in [3.63, 3.8) is 0 Å². The normalized spacial score (nSPS) is 18.8. The summed E-state index contributed by atoms with van der Waals surface area (Å²) >= 11 is 0. The van der Waals surface area contributed by atoms with Gasteiger partial charge < -0.3 is 20.3 Å². The van der Waals surface area contributed by atoms with Crippen LogP contribution in [0.5, 0.6) is 0 Å². The summed E-state index contributed by atoms with van der Waals surface area (Å²) in [4.78, 5) is 34.6. The highest BCUT2D eigenvalue weighted by atomic mass is 16.6. The van der Waals surface area contributed by atoms with Crippen LogP contribution in [0.1, 0.15) is 62.4 Å². The molecule has 0 atom stereocenters. The van der Waals surface area contributed by atoms with Crippen LogP contribution in [0.25, 0.3) is 0 Å². The quantitative estimate of drug-likeness (QED) is 0.821. The summed E-state index contributed by atoms with van der Waals surface area (Å²) < 4.78 is 5.02. The van der Waals surface area contributed by atoms with E-state index in [1.54, 1.807) is 24.1 Å². The number of amides is 2. The fourth-order valence-corrected chi connectivity index (χ4v) is 3.66. The molecule has 0 unspecified atom stereocenters. The number of aromatic nitrogens is 2. The van der Waals surface area contributed by atoms with Gasteiger partial charge in [0.05, 0.1) is 6.61 Å². The molecule has 0 radical (unpaired) electrons. The molecule has 0 spiro atoms. The van der Waals surface area contributed by atoms with Gasteiger partial charge in [-0.1, -0.05) is 19.3 Å². The Morgan fingerprint density at radius 2 is 1.89 bits per heavy atom. The molecule has 2 aliphatic rings. The molecule has 3 rings (SSSR count). The predicted octanol–water partition coefficient (Wildman–Crippen LogP) is 2.57. The fourth-order valence-electron chi connectivity index (χ4n) is 3.66. The van der Waals surface area contributed by atoms with Gasteiger partial charge in [0.25, 0.3) is 5.91 Å². The summed E-state index contributed by atoms with van der Waals surface area (Å²) in [5.41, 5.74) is 0.371. The topological polar surface area (TPSA) is 96.5 Å². The number of nitrogens with one attached hydrogen (secondary N) is 2. The SMILES string of the molecule is CCOC(=O)N1CCC(NC(=O)c2ccnc(NC3CCCCC3)n2)CC1. The first-order valence-corrected chi connectivity index (χ1v) is 9.98. The number of likely N-dealkylation sites (tertiary alicyclic amines) is 1. The maximum Gasteiger partial charge on any atom is 0.409 e. The average Bonchev–Trinajstić information content (AvgIpc) is 2.70. The van der Waals surface area contributed by atoms with E-state index in [4.69, 9.17) is 4.74 Å². The van der Waals surface area contributed by atoms with Crippen LogP contribution in [0.3, 0.4) is 0 Å². The van der Waals surface area contributed by atoms with Crippen LogP contribution < -0.4 is 10.6 Å². The molecule has 1 aromatic rings. The maximum atomic E-state index is 12.5. The van der Waals surface area contributed by atoms with E-state index >= 15 is 0 Å². The maximum absolute atomic E-state index is 12.5. The second-order valence-corrected chi connectivity index (χ2v) is 7.18. The number of anilines is 1. The van der Waals surface area contributed by atoms with E-state index in [0.717, 1.165) is 12.8 Å². The molecule has 0 aromatic carbocycles. The number of carbonyl (C=O) groups is 2. The third-order valence-electron chi connectivity index (χ3n) is 5.18. The Bertz CT molecular complexity index is 640. The number of rotatable bonds is 5. The predicted molar refractivity (Wildman–Crippen MR) is 102 cm³/mol. The van der Waals surface area contributed by atoms with E-state index in [2.05, 4.69) is 20.6 Å². The van der Waals surface area contributed by atoms with Crippen LogP contribution in [0.4, 0.5) is 10.7 Å². The van der Waals surface area contributed by atoms with E-state index in [-0.39, 0.29) is 18.0 Å². The van der Waals surface area contributed by atoms with E-state index in [0.29, 0.717) is 50.2 Å². The molecule has 148 valence electrons. The van der Waals surface area contributed by atoms with Crippen molar-refractivity contribution < 1.29 is 14.3 Å². The molecular weight excluding hydrogens is 346 g/mol. The highest BCUT2D eigenvalue weighted by molar-refractivity contribution is 5.92. The van der Waals surface area contributed by atoms with Crippen molar-refractivity contribution >= 4 is 17.9 Å². The lowest BCUT2D eigenvalue weighted by Gasteiger charge is -2.31. The minimum absolute atomic E-state index is 0.0351. The first kappa shape index (κ1) is 19.4. The Hall–Kier alpha value is -2.38. The Kier molecular flexibility index (Phi) is 6.84. The van der Waals surface area contributed by atoms with Crippen molar-refractivity contribution in [3.05, 3.63) is 18.0 Å². The lowest BCUT2D eigenvalue weighted by Crippen LogP contribution is -2.46. The summed E-state index contributed by atoms with van der Waals surface area (Å²) in [6.07, 6.45) is 8.75. The van der Waals surface area contributed by atoms with Gasteiger partial charge in [-0.05, 0) is 38.7 Å². The first-order chi connectivity index (χ1) is 13.2. The van der Waals surface area contributed by atoms with Crippen LogP contribution in [0.15, 0.2) is 12.3 Å². The highest BCUT2D eigenvalue weighted by Gasteiger charge is 2.25. The lowest BCUT2D eigenvalue weighted by molar-refractivity contribution is 0.0856. The average molecular weight is 375 g/mol. The van der Waals surface area contributed by atoms with Gasteiger partial charge in [-0.3, -0.25) is 4.79 Å². The first-order valence-electron chi connectivity index (χ1n) is 9.98. The zero-order chi connectivity index (χ0) is 19.1. The van der Waals surface area contributed by atoms with Crippen molar-refractivity contribution in [2.45, 2.75) is 64.0 Å². The van der Waals surface area contributed by atoms with E-state index < -0.39 is 0 Å². The molecule has 1 aliphatic heterocycles. The number of hydrogen-bond acceptors (Lipinski definition) is 6. The summed E-state index contributed by atoms with van der Waals surface area (Å²) in [7, 11) is 0. The fraction of sp³-hybridized carbons (Fsp3) is 0.684. The lowest BCUT2D eigenvalue weighted by atomic mass is 9.96. The monoisotopic (exact) mass is 375 g/mol. The van der Waals surface area contributed by atoms with Crippen LogP contribution in [0, 0.1) is 0 Å². The Balaban J connectivity index is 1.49. The summed E-state index contributed by atoms with van der Waals surface area (Å²) in [6, 6.07) is 2.06. The van der Waals surface area contributed by atoms with Crippen molar-refractivity contribution in [1.82, 2.24) is 20.2 Å². The van der Waals surface area contributed by atoms with Gasteiger partial charge in [0.1, 0.15) is 5.69 Å².